The van der Waals surface area contributed by atoms with E-state index in [4.69, 9.17) is 20.5 Å². The van der Waals surface area contributed by atoms with E-state index in [0.717, 1.165) is 0 Å². The number of anilines is 2. The summed E-state index contributed by atoms with van der Waals surface area (Å²) in [5.74, 6) is 0.855. The Morgan fingerprint density at radius 3 is 1.62 bits per heavy atom. The van der Waals surface area contributed by atoms with Crippen LogP contribution in [0, 0.1) is 0 Å². The van der Waals surface area contributed by atoms with Crippen molar-refractivity contribution < 1.29 is 13.6 Å². The van der Waals surface area contributed by atoms with E-state index in [0.29, 0.717) is 28.2 Å². The number of hydrogen-bond donors (Lipinski definition) is 2. The van der Waals surface area contributed by atoms with Gasteiger partial charge in [0.25, 0.3) is 0 Å². The minimum atomic E-state index is -3.65. The van der Waals surface area contributed by atoms with Gasteiger partial charge in [-0.15, -0.1) is 0 Å². The lowest BCUT2D eigenvalue weighted by Crippen LogP contribution is -2.14. The Bertz CT molecular complexity index is 850. The molecule has 0 fully saturated rings. The lowest BCUT2D eigenvalue weighted by molar-refractivity contribution is 0.399. The molecule has 6 heteroatoms. The molecule has 0 aromatic heterocycles. The van der Waals surface area contributed by atoms with Crippen LogP contribution in [0.25, 0.3) is 0 Å². The standard InChI is InChI=1S/C18H17N2O3P/c19-14-6-10-17(11-7-14)23-24(21,18-12-8-15(20)9-13-18)22-16-4-2-1-3-5-16/h1-13H,19-20H2. The Kier molecular flexibility index (Phi) is 4.45. The third-order valence-corrected chi connectivity index (χ3v) is 5.12. The molecular weight excluding hydrogens is 323 g/mol. The van der Waals surface area contributed by atoms with Crippen LogP contribution in [0.1, 0.15) is 0 Å². The van der Waals surface area contributed by atoms with E-state index >= 15 is 0 Å². The lowest BCUT2D eigenvalue weighted by Gasteiger charge is -2.20. The molecule has 122 valence electrons. The second-order valence-electron chi connectivity index (χ2n) is 5.15. The van der Waals surface area contributed by atoms with E-state index in [1.165, 1.54) is 0 Å². The van der Waals surface area contributed by atoms with E-state index in [1.807, 2.05) is 6.07 Å². The predicted molar refractivity (Wildman–Crippen MR) is 96.6 cm³/mol. The Balaban J connectivity index is 1.97. The molecule has 0 saturated heterocycles. The molecule has 5 nitrogen and oxygen atoms in total. The molecule has 3 aromatic rings. The molecule has 0 amide bonds. The lowest BCUT2D eigenvalue weighted by atomic mass is 10.3. The van der Waals surface area contributed by atoms with Gasteiger partial charge in [0.2, 0.25) is 0 Å². The van der Waals surface area contributed by atoms with Crippen molar-refractivity contribution in [3.8, 4) is 11.5 Å². The molecule has 0 aliphatic carbocycles. The van der Waals surface area contributed by atoms with Crippen molar-refractivity contribution in [2.24, 2.45) is 0 Å². The highest BCUT2D eigenvalue weighted by Gasteiger charge is 2.31. The van der Waals surface area contributed by atoms with Crippen molar-refractivity contribution >= 4 is 24.3 Å². The van der Waals surface area contributed by atoms with Crippen LogP contribution in [0.3, 0.4) is 0 Å². The zero-order valence-electron chi connectivity index (χ0n) is 12.8. The number of para-hydroxylation sites is 1. The van der Waals surface area contributed by atoms with Crippen molar-refractivity contribution in [2.75, 3.05) is 11.5 Å². The predicted octanol–water partition coefficient (Wildman–Crippen LogP) is 3.83. The van der Waals surface area contributed by atoms with Gasteiger partial charge < -0.3 is 20.5 Å². The van der Waals surface area contributed by atoms with Gasteiger partial charge in [0.1, 0.15) is 11.5 Å². The molecule has 0 aliphatic rings. The summed E-state index contributed by atoms with van der Waals surface area (Å²) in [5, 5.41) is 0.414. The normalized spacial score (nSPS) is 13.0. The molecule has 1 atom stereocenters. The van der Waals surface area contributed by atoms with E-state index in [2.05, 4.69) is 0 Å². The quantitative estimate of drug-likeness (QED) is 0.544. The number of nitrogens with two attached hydrogens (primary N) is 2. The number of hydrogen-bond acceptors (Lipinski definition) is 5. The third kappa shape index (κ3) is 3.70. The highest BCUT2D eigenvalue weighted by molar-refractivity contribution is 7.63. The average molecular weight is 340 g/mol. The molecule has 4 N–H and O–H groups in total. The third-order valence-electron chi connectivity index (χ3n) is 3.28. The van der Waals surface area contributed by atoms with Crippen molar-refractivity contribution in [3.05, 3.63) is 78.9 Å². The SMILES string of the molecule is Nc1ccc(OP(=O)(Oc2ccccc2)c2ccc(N)cc2)cc1. The summed E-state index contributed by atoms with van der Waals surface area (Å²) >= 11 is 0. The summed E-state index contributed by atoms with van der Waals surface area (Å²) in [6, 6.07) is 22.1. The fourth-order valence-electron chi connectivity index (χ4n) is 2.07. The number of rotatable bonds is 5. The first-order chi connectivity index (χ1) is 11.5. The van der Waals surface area contributed by atoms with Gasteiger partial charge in [0.05, 0.1) is 5.30 Å². The van der Waals surface area contributed by atoms with Crippen LogP contribution in [-0.4, -0.2) is 0 Å². The zero-order valence-corrected chi connectivity index (χ0v) is 13.7. The van der Waals surface area contributed by atoms with Gasteiger partial charge in [-0.1, -0.05) is 18.2 Å². The molecule has 0 aliphatic heterocycles. The van der Waals surface area contributed by atoms with Gasteiger partial charge in [-0.25, -0.2) is 4.57 Å². The Morgan fingerprint density at radius 1 is 0.625 bits per heavy atom. The maximum Gasteiger partial charge on any atom is 0.462 e. The number of benzene rings is 3. The first-order valence-corrected chi connectivity index (χ1v) is 8.85. The summed E-state index contributed by atoms with van der Waals surface area (Å²) in [7, 11) is -3.65. The topological polar surface area (TPSA) is 87.6 Å². The first-order valence-electron chi connectivity index (χ1n) is 7.31. The van der Waals surface area contributed by atoms with E-state index in [-0.39, 0.29) is 0 Å². The molecule has 0 saturated carbocycles. The van der Waals surface area contributed by atoms with Gasteiger partial charge >= 0.3 is 7.60 Å². The van der Waals surface area contributed by atoms with Gasteiger partial charge in [-0.05, 0) is 60.7 Å². The molecular formula is C18H17N2O3P. The summed E-state index contributed by atoms with van der Waals surface area (Å²) in [5.41, 5.74) is 12.5. The zero-order chi connectivity index (χ0) is 17.0. The molecule has 0 radical (unpaired) electrons. The van der Waals surface area contributed by atoms with Crippen LogP contribution in [0.4, 0.5) is 11.4 Å². The van der Waals surface area contributed by atoms with Gasteiger partial charge in [0, 0.05) is 11.4 Å². The minimum Gasteiger partial charge on any atom is -0.413 e. The Hall–Kier alpha value is -2.91. The van der Waals surface area contributed by atoms with E-state index in [9.17, 15) is 4.57 Å². The highest BCUT2D eigenvalue weighted by Crippen LogP contribution is 2.47. The molecule has 0 heterocycles. The molecule has 1 unspecified atom stereocenters. The smallest absolute Gasteiger partial charge is 0.413 e. The molecule has 0 bridgehead atoms. The van der Waals surface area contributed by atoms with Gasteiger partial charge in [-0.3, -0.25) is 0 Å². The van der Waals surface area contributed by atoms with Crippen molar-refractivity contribution in [2.45, 2.75) is 0 Å². The maximum absolute atomic E-state index is 13.4. The van der Waals surface area contributed by atoms with Crippen molar-refractivity contribution in [3.63, 3.8) is 0 Å². The van der Waals surface area contributed by atoms with E-state index in [1.54, 1.807) is 72.8 Å². The second kappa shape index (κ2) is 6.69. The molecule has 3 aromatic carbocycles. The van der Waals surface area contributed by atoms with Crippen LogP contribution in [0.2, 0.25) is 0 Å². The number of nitrogen functional groups attached to an aromatic ring is 2. The van der Waals surface area contributed by atoms with Crippen LogP contribution >= 0.6 is 7.60 Å². The van der Waals surface area contributed by atoms with E-state index < -0.39 is 7.60 Å². The van der Waals surface area contributed by atoms with Crippen LogP contribution in [-0.2, 0) is 4.57 Å². The van der Waals surface area contributed by atoms with Crippen LogP contribution in [0.15, 0.2) is 78.9 Å². The summed E-state index contributed by atoms with van der Waals surface area (Å²) in [6.45, 7) is 0. The maximum atomic E-state index is 13.4. The second-order valence-corrected chi connectivity index (χ2v) is 7.03. The molecule has 0 spiro atoms. The van der Waals surface area contributed by atoms with Crippen LogP contribution < -0.4 is 25.8 Å². The first kappa shape index (κ1) is 16.0. The Morgan fingerprint density at radius 2 is 1.08 bits per heavy atom. The molecule has 3 rings (SSSR count). The van der Waals surface area contributed by atoms with Crippen molar-refractivity contribution in [1.29, 1.82) is 0 Å². The summed E-state index contributed by atoms with van der Waals surface area (Å²) in [4.78, 5) is 0. The summed E-state index contributed by atoms with van der Waals surface area (Å²) < 4.78 is 24.9. The average Bonchev–Trinajstić information content (AvgIpc) is 2.58. The van der Waals surface area contributed by atoms with Crippen LogP contribution in [0.5, 0.6) is 11.5 Å². The summed E-state index contributed by atoms with van der Waals surface area (Å²) in [6.07, 6.45) is 0. The van der Waals surface area contributed by atoms with Crippen molar-refractivity contribution in [1.82, 2.24) is 0 Å². The minimum absolute atomic E-state index is 0.403. The largest absolute Gasteiger partial charge is 0.462 e. The molecule has 24 heavy (non-hydrogen) atoms. The highest BCUT2D eigenvalue weighted by atomic mass is 31.2. The Labute approximate surface area is 140 Å². The monoisotopic (exact) mass is 340 g/mol. The fourth-order valence-corrected chi connectivity index (χ4v) is 3.63. The van der Waals surface area contributed by atoms with Gasteiger partial charge in [-0.2, -0.15) is 0 Å². The fraction of sp³-hybridized carbons (Fsp3) is 0. The van der Waals surface area contributed by atoms with Gasteiger partial charge in [0.15, 0.2) is 0 Å².